The third-order valence-corrected chi connectivity index (χ3v) is 22.0. The second kappa shape index (κ2) is 11.1. The SMILES string of the molecule is C=C[Si](CC)(CC)OP(=O)(O[Si](C=C)(CC)CC)O[Si](C=C)(CC)CC. The van der Waals surface area contributed by atoms with Crippen LogP contribution in [0.3, 0.4) is 0 Å². The van der Waals surface area contributed by atoms with Gasteiger partial charge in [-0.3, -0.25) is 0 Å². The molecule has 0 aromatic heterocycles. The zero-order chi connectivity index (χ0) is 20.5. The monoisotopic (exact) mass is 434 g/mol. The summed E-state index contributed by atoms with van der Waals surface area (Å²) in [4.78, 5) is 0. The summed E-state index contributed by atoms with van der Waals surface area (Å²) in [5.74, 6) is 0. The molecular weight excluding hydrogens is 395 g/mol. The highest BCUT2D eigenvalue weighted by Crippen LogP contribution is 2.58. The van der Waals surface area contributed by atoms with Crippen molar-refractivity contribution in [2.24, 2.45) is 0 Å². The van der Waals surface area contributed by atoms with Crippen LogP contribution in [0.25, 0.3) is 0 Å². The maximum absolute atomic E-state index is 14.0. The molecule has 152 valence electrons. The number of rotatable bonds is 15. The molecule has 0 aromatic carbocycles. The van der Waals surface area contributed by atoms with Crippen molar-refractivity contribution < 1.29 is 17.2 Å². The molecule has 26 heavy (non-hydrogen) atoms. The Balaban J connectivity index is 6.16. The average molecular weight is 435 g/mol. The molecule has 0 saturated carbocycles. The summed E-state index contributed by atoms with van der Waals surface area (Å²) < 4.78 is 32.9. The zero-order valence-corrected chi connectivity index (χ0v) is 21.6. The predicted molar refractivity (Wildman–Crippen MR) is 122 cm³/mol. The first kappa shape index (κ1) is 26.0. The number of phosphoric acid groups is 1. The lowest BCUT2D eigenvalue weighted by Crippen LogP contribution is -2.42. The third kappa shape index (κ3) is 6.26. The maximum atomic E-state index is 14.0. The number of hydrogen-bond donors (Lipinski definition) is 0. The van der Waals surface area contributed by atoms with Crippen LogP contribution in [-0.2, 0) is 17.2 Å². The minimum absolute atomic E-state index is 0.783. The molecule has 0 heterocycles. The van der Waals surface area contributed by atoms with Gasteiger partial charge in [0, 0.05) is 0 Å². The normalized spacial score (nSPS) is 13.5. The lowest BCUT2D eigenvalue weighted by molar-refractivity contribution is 0.288. The molecule has 0 aliphatic rings. The molecule has 0 amide bonds. The first-order valence-electron chi connectivity index (χ1n) is 9.80. The summed E-state index contributed by atoms with van der Waals surface area (Å²) in [6, 6.07) is 4.70. The summed E-state index contributed by atoms with van der Waals surface area (Å²) in [5.41, 5.74) is 5.57. The Morgan fingerprint density at radius 3 is 0.923 bits per heavy atom. The Morgan fingerprint density at radius 2 is 0.808 bits per heavy atom. The Morgan fingerprint density at radius 1 is 0.615 bits per heavy atom. The van der Waals surface area contributed by atoms with Crippen molar-refractivity contribution in [2.45, 2.75) is 77.8 Å². The van der Waals surface area contributed by atoms with Gasteiger partial charge in [0.2, 0.25) is 25.0 Å². The molecule has 0 fully saturated rings. The summed E-state index contributed by atoms with van der Waals surface area (Å²) in [5, 5.41) is 0. The zero-order valence-electron chi connectivity index (χ0n) is 17.7. The lowest BCUT2D eigenvalue weighted by Gasteiger charge is -2.39. The second-order valence-electron chi connectivity index (χ2n) is 6.65. The van der Waals surface area contributed by atoms with Crippen LogP contribution in [0.1, 0.15) is 41.5 Å². The fraction of sp³-hybridized carbons (Fsp3) is 0.667. The fourth-order valence-electron chi connectivity index (χ4n) is 2.84. The van der Waals surface area contributed by atoms with E-state index >= 15 is 0 Å². The molecule has 0 unspecified atom stereocenters. The van der Waals surface area contributed by atoms with Gasteiger partial charge in [0.15, 0.2) is 0 Å². The van der Waals surface area contributed by atoms with Crippen LogP contribution in [0.4, 0.5) is 0 Å². The van der Waals surface area contributed by atoms with E-state index in [4.69, 9.17) is 12.6 Å². The molecule has 0 aliphatic heterocycles. The highest BCUT2D eigenvalue weighted by Gasteiger charge is 2.48. The van der Waals surface area contributed by atoms with Crippen LogP contribution < -0.4 is 0 Å². The van der Waals surface area contributed by atoms with Crippen molar-refractivity contribution >= 4 is 32.8 Å². The van der Waals surface area contributed by atoms with Crippen molar-refractivity contribution in [1.82, 2.24) is 0 Å². The van der Waals surface area contributed by atoms with Crippen LogP contribution in [0.2, 0.25) is 36.3 Å². The van der Waals surface area contributed by atoms with Crippen LogP contribution in [0.5, 0.6) is 0 Å². The highest BCUT2D eigenvalue weighted by atomic mass is 31.2. The van der Waals surface area contributed by atoms with Crippen molar-refractivity contribution in [1.29, 1.82) is 0 Å². The van der Waals surface area contributed by atoms with Gasteiger partial charge in [-0.1, -0.05) is 58.6 Å². The van der Waals surface area contributed by atoms with Crippen molar-refractivity contribution in [3.05, 3.63) is 36.8 Å². The highest BCUT2D eigenvalue weighted by molar-refractivity contribution is 7.54. The second-order valence-corrected chi connectivity index (χ2v) is 21.6. The van der Waals surface area contributed by atoms with Gasteiger partial charge in [-0.2, -0.15) is 0 Å². The number of hydrogen-bond acceptors (Lipinski definition) is 4. The topological polar surface area (TPSA) is 44.8 Å². The molecule has 0 radical (unpaired) electrons. The summed E-state index contributed by atoms with van der Waals surface area (Å²) in [6.45, 7) is 24.2. The van der Waals surface area contributed by atoms with Crippen LogP contribution in [-0.4, -0.2) is 25.0 Å². The molecule has 0 N–H and O–H groups in total. The minimum atomic E-state index is -3.76. The van der Waals surface area contributed by atoms with Crippen LogP contribution >= 0.6 is 7.82 Å². The summed E-state index contributed by atoms with van der Waals surface area (Å²) in [7, 11) is -11.0. The lowest BCUT2D eigenvalue weighted by atomic mass is 10.9. The maximum Gasteiger partial charge on any atom is 0.446 e. The third-order valence-electron chi connectivity index (χ3n) is 5.59. The molecule has 0 spiro atoms. The van der Waals surface area contributed by atoms with E-state index in [2.05, 4.69) is 61.3 Å². The van der Waals surface area contributed by atoms with Crippen molar-refractivity contribution in [3.8, 4) is 0 Å². The molecule has 8 heteroatoms. The van der Waals surface area contributed by atoms with Crippen molar-refractivity contribution in [2.75, 3.05) is 0 Å². The van der Waals surface area contributed by atoms with E-state index in [9.17, 15) is 4.57 Å². The summed E-state index contributed by atoms with van der Waals surface area (Å²) in [6.07, 6.45) is 0. The van der Waals surface area contributed by atoms with E-state index < -0.39 is 32.8 Å². The quantitative estimate of drug-likeness (QED) is 0.201. The van der Waals surface area contributed by atoms with Gasteiger partial charge in [-0.25, -0.2) is 4.57 Å². The van der Waals surface area contributed by atoms with Gasteiger partial charge >= 0.3 is 7.82 Å². The molecule has 0 aliphatic carbocycles. The largest absolute Gasteiger partial charge is 0.446 e. The van der Waals surface area contributed by atoms with Gasteiger partial charge < -0.3 is 12.6 Å². The van der Waals surface area contributed by atoms with E-state index in [0.717, 1.165) is 36.3 Å². The van der Waals surface area contributed by atoms with Gasteiger partial charge in [0.05, 0.1) is 0 Å². The van der Waals surface area contributed by atoms with E-state index in [1.165, 1.54) is 0 Å². The van der Waals surface area contributed by atoms with Gasteiger partial charge in [0.1, 0.15) is 0 Å². The van der Waals surface area contributed by atoms with Gasteiger partial charge in [0.25, 0.3) is 0 Å². The molecule has 4 nitrogen and oxygen atoms in total. The van der Waals surface area contributed by atoms with E-state index in [-0.39, 0.29) is 0 Å². The van der Waals surface area contributed by atoms with Gasteiger partial charge in [-0.15, -0.1) is 19.7 Å². The first-order valence-corrected chi connectivity index (χ1v) is 18.5. The van der Waals surface area contributed by atoms with Crippen molar-refractivity contribution in [3.63, 3.8) is 0 Å². The van der Waals surface area contributed by atoms with Crippen LogP contribution in [0, 0.1) is 0 Å². The minimum Gasteiger partial charge on any atom is -0.326 e. The summed E-state index contributed by atoms with van der Waals surface area (Å²) >= 11 is 0. The molecular formula is C18H39O4PSi3. The van der Waals surface area contributed by atoms with E-state index in [0.29, 0.717) is 0 Å². The molecule has 0 bridgehead atoms. The first-order chi connectivity index (χ1) is 12.2. The predicted octanol–water partition coefficient (Wildman–Crippen LogP) is 7.28. The Bertz CT molecular complexity index is 441. The Kier molecular flexibility index (Phi) is 11.1. The molecule has 0 atom stereocenters. The Labute approximate surface area is 164 Å². The van der Waals surface area contributed by atoms with Crippen LogP contribution in [0.15, 0.2) is 36.8 Å². The molecule has 0 saturated heterocycles. The average Bonchev–Trinajstić information content (AvgIpc) is 2.69. The smallest absolute Gasteiger partial charge is 0.326 e. The van der Waals surface area contributed by atoms with E-state index in [1.807, 2.05) is 17.1 Å². The molecule has 0 aromatic rings. The Hall–Kier alpha value is -0.0194. The fourth-order valence-corrected chi connectivity index (χ4v) is 16.9. The standard InChI is InChI=1S/C18H39O4PSi3/c1-10-24(11-2,12-3)20-23(19,21-25(13-4,14-5)15-6)22-26(16-7,17-8)18-9/h10,13,16H,1,4,7,11-12,14-15,17-18H2,2-3,5-6,8-9H3. The van der Waals surface area contributed by atoms with Gasteiger partial charge in [-0.05, 0) is 36.3 Å². The molecule has 0 rings (SSSR count). The van der Waals surface area contributed by atoms with E-state index in [1.54, 1.807) is 0 Å².